The minimum Gasteiger partial charge on any atom is -0.494 e. The van der Waals surface area contributed by atoms with Gasteiger partial charge >= 0.3 is 0 Å². The number of carbonyl (C=O) groups excluding carboxylic acids is 2. The molecule has 0 spiro atoms. The number of likely N-dealkylation sites (tertiary alicyclic amines) is 1. The molecule has 26 heavy (non-hydrogen) atoms. The van der Waals surface area contributed by atoms with Gasteiger partial charge in [0, 0.05) is 31.0 Å². The third kappa shape index (κ3) is 3.47. The zero-order valence-corrected chi connectivity index (χ0v) is 14.4. The van der Waals surface area contributed by atoms with Crippen LogP contribution in [0.15, 0.2) is 12.1 Å². The van der Waals surface area contributed by atoms with E-state index in [1.165, 1.54) is 18.1 Å². The van der Waals surface area contributed by atoms with Crippen molar-refractivity contribution in [2.75, 3.05) is 12.4 Å². The smallest absolute Gasteiger partial charge is 0.295 e. The summed E-state index contributed by atoms with van der Waals surface area (Å²) in [7, 11) is 1.29. The molecule has 0 bridgehead atoms. The van der Waals surface area contributed by atoms with E-state index in [2.05, 4.69) is 5.32 Å². The second kappa shape index (κ2) is 7.27. The molecule has 1 aliphatic carbocycles. The third-order valence-corrected chi connectivity index (χ3v) is 4.98. The normalized spacial score (nSPS) is 23.2. The van der Waals surface area contributed by atoms with Crippen LogP contribution in [0.2, 0.25) is 0 Å². The van der Waals surface area contributed by atoms with Crippen LogP contribution in [0.4, 0.5) is 15.8 Å². The maximum absolute atomic E-state index is 13.7. The van der Waals surface area contributed by atoms with Gasteiger partial charge in [0.15, 0.2) is 11.6 Å². The van der Waals surface area contributed by atoms with Crippen molar-refractivity contribution in [1.29, 1.82) is 0 Å². The molecule has 1 saturated carbocycles. The maximum Gasteiger partial charge on any atom is 0.295 e. The standard InChI is InChI=1S/C17H20FN3O5/c1-26-15-9-13(14(21(24)25)8-12(15)18)19-10-2-4-11(5-3-10)20-16(22)6-7-17(20)23/h8-11,19H,2-7H2,1H3. The Morgan fingerprint density at radius 3 is 2.35 bits per heavy atom. The SMILES string of the molecule is COc1cc(NC2CCC(N3C(=O)CCC3=O)CC2)c([N+](=O)[O-])cc1F. The van der Waals surface area contributed by atoms with E-state index in [1.54, 1.807) is 0 Å². The lowest BCUT2D eigenvalue weighted by atomic mass is 9.90. The van der Waals surface area contributed by atoms with Crippen molar-refractivity contribution in [1.82, 2.24) is 4.90 Å². The van der Waals surface area contributed by atoms with Gasteiger partial charge in [0.1, 0.15) is 5.69 Å². The molecule has 0 unspecified atom stereocenters. The van der Waals surface area contributed by atoms with Crippen molar-refractivity contribution in [3.63, 3.8) is 0 Å². The highest BCUT2D eigenvalue weighted by Gasteiger charge is 2.37. The van der Waals surface area contributed by atoms with E-state index in [0.29, 0.717) is 25.7 Å². The van der Waals surface area contributed by atoms with E-state index in [9.17, 15) is 24.1 Å². The van der Waals surface area contributed by atoms with Crippen molar-refractivity contribution in [3.8, 4) is 5.75 Å². The quantitative estimate of drug-likeness (QED) is 0.489. The van der Waals surface area contributed by atoms with Crippen LogP contribution >= 0.6 is 0 Å². The summed E-state index contributed by atoms with van der Waals surface area (Å²) < 4.78 is 18.6. The Kier molecular flexibility index (Phi) is 5.06. The molecule has 1 aromatic carbocycles. The first kappa shape index (κ1) is 18.1. The molecule has 2 aliphatic rings. The van der Waals surface area contributed by atoms with Gasteiger partial charge in [-0.25, -0.2) is 4.39 Å². The Hall–Kier alpha value is -2.71. The molecule has 0 atom stereocenters. The van der Waals surface area contributed by atoms with E-state index in [1.807, 2.05) is 0 Å². The molecule has 1 N–H and O–H groups in total. The highest BCUT2D eigenvalue weighted by molar-refractivity contribution is 6.02. The molecule has 0 radical (unpaired) electrons. The number of nitro groups is 1. The van der Waals surface area contributed by atoms with Crippen LogP contribution in [0.5, 0.6) is 5.75 Å². The van der Waals surface area contributed by atoms with Gasteiger partial charge < -0.3 is 10.1 Å². The average molecular weight is 365 g/mol. The number of nitrogens with one attached hydrogen (secondary N) is 1. The predicted molar refractivity (Wildman–Crippen MR) is 90.4 cm³/mol. The molecule has 9 heteroatoms. The molecule has 1 saturated heterocycles. The number of rotatable bonds is 5. The number of amides is 2. The molecule has 140 valence electrons. The molecule has 2 fully saturated rings. The van der Waals surface area contributed by atoms with Crippen molar-refractivity contribution in [2.45, 2.75) is 50.6 Å². The van der Waals surface area contributed by atoms with Gasteiger partial charge in [0.2, 0.25) is 11.8 Å². The summed E-state index contributed by atoms with van der Waals surface area (Å²) in [6, 6.07) is 1.96. The molecular formula is C17H20FN3O5. The van der Waals surface area contributed by atoms with Crippen LogP contribution in [-0.4, -0.2) is 40.8 Å². The number of hydrogen-bond acceptors (Lipinski definition) is 6. The summed E-state index contributed by atoms with van der Waals surface area (Å²) in [4.78, 5) is 35.6. The van der Waals surface area contributed by atoms with E-state index in [4.69, 9.17) is 4.74 Å². The van der Waals surface area contributed by atoms with Gasteiger partial charge in [-0.1, -0.05) is 0 Å². The van der Waals surface area contributed by atoms with E-state index in [0.717, 1.165) is 6.07 Å². The molecular weight excluding hydrogens is 345 g/mol. The largest absolute Gasteiger partial charge is 0.494 e. The van der Waals surface area contributed by atoms with Gasteiger partial charge in [-0.15, -0.1) is 0 Å². The lowest BCUT2D eigenvalue weighted by molar-refractivity contribution is -0.384. The zero-order chi connectivity index (χ0) is 18.8. The lowest BCUT2D eigenvalue weighted by Crippen LogP contribution is -2.43. The second-order valence-corrected chi connectivity index (χ2v) is 6.57. The fourth-order valence-electron chi connectivity index (χ4n) is 3.67. The molecule has 8 nitrogen and oxygen atoms in total. The Bertz CT molecular complexity index is 730. The summed E-state index contributed by atoms with van der Waals surface area (Å²) in [5.74, 6) is -1.10. The summed E-state index contributed by atoms with van der Waals surface area (Å²) in [5.41, 5.74) is -0.152. The number of hydrogen-bond donors (Lipinski definition) is 1. The molecule has 1 aromatic rings. The van der Waals surface area contributed by atoms with Crippen LogP contribution in [0.3, 0.4) is 0 Å². The monoisotopic (exact) mass is 365 g/mol. The highest BCUT2D eigenvalue weighted by Crippen LogP contribution is 2.35. The number of imide groups is 1. The molecule has 1 aliphatic heterocycles. The first-order chi connectivity index (χ1) is 12.4. The first-order valence-corrected chi connectivity index (χ1v) is 8.54. The second-order valence-electron chi connectivity index (χ2n) is 6.57. The van der Waals surface area contributed by atoms with Crippen LogP contribution in [0.1, 0.15) is 38.5 Å². The first-order valence-electron chi connectivity index (χ1n) is 8.54. The van der Waals surface area contributed by atoms with Crippen LogP contribution in [0.25, 0.3) is 0 Å². The number of carbonyl (C=O) groups is 2. The average Bonchev–Trinajstić information content (AvgIpc) is 2.95. The van der Waals surface area contributed by atoms with Crippen molar-refractivity contribution in [3.05, 3.63) is 28.1 Å². The van der Waals surface area contributed by atoms with Gasteiger partial charge in [-0.3, -0.25) is 24.6 Å². The minimum absolute atomic E-state index is 0.0621. The lowest BCUT2D eigenvalue weighted by Gasteiger charge is -2.34. The molecule has 1 heterocycles. The number of nitrogens with zero attached hydrogens (tertiary/aromatic N) is 2. The topological polar surface area (TPSA) is 102 Å². The van der Waals surface area contributed by atoms with Gasteiger partial charge in [-0.2, -0.15) is 0 Å². The maximum atomic E-state index is 13.7. The van der Waals surface area contributed by atoms with Crippen molar-refractivity contribution < 1.29 is 23.6 Å². The molecule has 2 amide bonds. The number of nitro benzene ring substituents is 1. The minimum atomic E-state index is -0.792. The number of methoxy groups -OCH3 is 1. The third-order valence-electron chi connectivity index (χ3n) is 4.98. The van der Waals surface area contributed by atoms with E-state index in [-0.39, 0.29) is 53.9 Å². The Labute approximate surface area is 149 Å². The fourth-order valence-corrected chi connectivity index (χ4v) is 3.67. The van der Waals surface area contributed by atoms with Crippen LogP contribution < -0.4 is 10.1 Å². The number of anilines is 1. The summed E-state index contributed by atoms with van der Waals surface area (Å²) in [5, 5.41) is 14.3. The van der Waals surface area contributed by atoms with Crippen molar-refractivity contribution in [2.24, 2.45) is 0 Å². The van der Waals surface area contributed by atoms with Gasteiger partial charge in [0.05, 0.1) is 18.1 Å². The molecule has 3 rings (SSSR count). The Balaban J connectivity index is 1.69. The number of ether oxygens (including phenoxy) is 1. The van der Waals surface area contributed by atoms with Crippen LogP contribution in [0, 0.1) is 15.9 Å². The summed E-state index contributed by atoms with van der Waals surface area (Å²) in [6.45, 7) is 0. The van der Waals surface area contributed by atoms with Gasteiger partial charge in [0.25, 0.3) is 5.69 Å². The predicted octanol–water partition coefficient (Wildman–Crippen LogP) is 2.61. The highest BCUT2D eigenvalue weighted by atomic mass is 19.1. The fraction of sp³-hybridized carbons (Fsp3) is 0.529. The zero-order valence-electron chi connectivity index (χ0n) is 14.4. The van der Waals surface area contributed by atoms with Gasteiger partial charge in [-0.05, 0) is 25.7 Å². The van der Waals surface area contributed by atoms with E-state index >= 15 is 0 Å². The number of benzene rings is 1. The number of halogens is 1. The molecule has 0 aromatic heterocycles. The summed E-state index contributed by atoms with van der Waals surface area (Å²) in [6.07, 6.45) is 3.14. The van der Waals surface area contributed by atoms with Crippen LogP contribution in [-0.2, 0) is 9.59 Å². The Morgan fingerprint density at radius 2 is 1.81 bits per heavy atom. The Morgan fingerprint density at radius 1 is 1.19 bits per heavy atom. The summed E-state index contributed by atoms with van der Waals surface area (Å²) >= 11 is 0. The van der Waals surface area contributed by atoms with Crippen molar-refractivity contribution >= 4 is 23.2 Å². The van der Waals surface area contributed by atoms with E-state index < -0.39 is 10.7 Å².